The van der Waals surface area contributed by atoms with E-state index in [9.17, 15) is 13.2 Å². The number of carbonyl (C=O) groups excluding carboxylic acids is 1. The van der Waals surface area contributed by atoms with Crippen molar-refractivity contribution in [1.29, 1.82) is 0 Å². The fourth-order valence-corrected chi connectivity index (χ4v) is 6.68. The van der Waals surface area contributed by atoms with Gasteiger partial charge in [-0.15, -0.1) is 11.8 Å². The van der Waals surface area contributed by atoms with Crippen LogP contribution >= 0.6 is 11.8 Å². The van der Waals surface area contributed by atoms with Crippen molar-refractivity contribution in [2.75, 3.05) is 24.7 Å². The van der Waals surface area contributed by atoms with E-state index in [-0.39, 0.29) is 16.2 Å². The summed E-state index contributed by atoms with van der Waals surface area (Å²) in [6.45, 7) is 0.470. The zero-order valence-corrected chi connectivity index (χ0v) is 16.5. The molecule has 2 aliphatic rings. The normalized spacial score (nSPS) is 20.2. The van der Waals surface area contributed by atoms with E-state index in [0.717, 1.165) is 22.6 Å². The maximum absolute atomic E-state index is 13.3. The van der Waals surface area contributed by atoms with Gasteiger partial charge in [0, 0.05) is 24.4 Å². The van der Waals surface area contributed by atoms with Crippen LogP contribution in [0.3, 0.4) is 0 Å². The maximum Gasteiger partial charge on any atom is 0.244 e. The molecule has 0 aromatic heterocycles. The van der Waals surface area contributed by atoms with Gasteiger partial charge in [0.15, 0.2) is 0 Å². The van der Waals surface area contributed by atoms with Gasteiger partial charge in [0.1, 0.15) is 5.75 Å². The van der Waals surface area contributed by atoms with Gasteiger partial charge in [-0.05, 0) is 47.9 Å². The van der Waals surface area contributed by atoms with Crippen LogP contribution in [0.2, 0.25) is 0 Å². The van der Waals surface area contributed by atoms with Crippen LogP contribution in [0.25, 0.3) is 0 Å². The lowest BCUT2D eigenvalue weighted by Crippen LogP contribution is -2.31. The van der Waals surface area contributed by atoms with Crippen LogP contribution < -0.4 is 10.1 Å². The first-order valence-electron chi connectivity index (χ1n) is 8.69. The third-order valence-electron chi connectivity index (χ3n) is 4.83. The Bertz CT molecular complexity index is 974. The summed E-state index contributed by atoms with van der Waals surface area (Å²) in [5, 5.41) is 2.54. The molecular formula is C19H20N2O4S2. The molecule has 1 atom stereocenters. The highest BCUT2D eigenvalue weighted by atomic mass is 32.2. The minimum absolute atomic E-state index is 0.0337. The van der Waals surface area contributed by atoms with Crippen molar-refractivity contribution in [3.63, 3.8) is 0 Å². The number of aryl methyl sites for hydroxylation is 1. The third-order valence-corrected chi connectivity index (χ3v) is 8.08. The number of hydrogen-bond donors (Lipinski definition) is 1. The molecule has 4 rings (SSSR count). The van der Waals surface area contributed by atoms with Gasteiger partial charge in [-0.3, -0.25) is 4.79 Å². The van der Waals surface area contributed by atoms with Crippen LogP contribution in [0, 0.1) is 0 Å². The highest BCUT2D eigenvalue weighted by Gasteiger charge is 2.37. The Morgan fingerprint density at radius 3 is 2.67 bits per heavy atom. The van der Waals surface area contributed by atoms with Crippen LogP contribution in [-0.2, 0) is 21.2 Å². The number of fused-ring (bicyclic) bond motifs is 1. The van der Waals surface area contributed by atoms with Gasteiger partial charge in [-0.2, -0.15) is 4.31 Å². The highest BCUT2D eigenvalue weighted by molar-refractivity contribution is 8.01. The van der Waals surface area contributed by atoms with Gasteiger partial charge in [0.25, 0.3) is 0 Å². The lowest BCUT2D eigenvalue weighted by molar-refractivity contribution is -0.116. The molecule has 0 radical (unpaired) electrons. The summed E-state index contributed by atoms with van der Waals surface area (Å²) >= 11 is 1.62. The number of hydrogen-bond acceptors (Lipinski definition) is 5. The van der Waals surface area contributed by atoms with Gasteiger partial charge in [-0.1, -0.05) is 12.1 Å². The first kappa shape index (κ1) is 18.3. The first-order chi connectivity index (χ1) is 13.0. The number of methoxy groups -OCH3 is 1. The minimum Gasteiger partial charge on any atom is -0.497 e. The van der Waals surface area contributed by atoms with Gasteiger partial charge in [0.2, 0.25) is 15.9 Å². The average molecular weight is 405 g/mol. The van der Waals surface area contributed by atoms with Crippen molar-refractivity contribution < 1.29 is 17.9 Å². The van der Waals surface area contributed by atoms with Gasteiger partial charge in [0.05, 0.1) is 17.4 Å². The number of rotatable bonds is 4. The number of nitrogens with zero attached hydrogens (tertiary/aromatic N) is 1. The Morgan fingerprint density at radius 2 is 1.93 bits per heavy atom. The number of thioether (sulfide) groups is 1. The molecule has 0 bridgehead atoms. The largest absolute Gasteiger partial charge is 0.497 e. The Kier molecular flexibility index (Phi) is 4.88. The molecule has 8 heteroatoms. The van der Waals surface area contributed by atoms with E-state index >= 15 is 0 Å². The topological polar surface area (TPSA) is 75.7 Å². The molecular weight excluding hydrogens is 384 g/mol. The van der Waals surface area contributed by atoms with Crippen LogP contribution in [0.15, 0.2) is 47.4 Å². The third kappa shape index (κ3) is 3.44. The van der Waals surface area contributed by atoms with E-state index in [2.05, 4.69) is 5.32 Å². The summed E-state index contributed by atoms with van der Waals surface area (Å²) in [4.78, 5) is 11.8. The van der Waals surface area contributed by atoms with E-state index in [1.165, 1.54) is 0 Å². The molecule has 0 saturated carbocycles. The fourth-order valence-electron chi connectivity index (χ4n) is 3.39. The summed E-state index contributed by atoms with van der Waals surface area (Å²) in [7, 11) is -2.02. The van der Waals surface area contributed by atoms with E-state index < -0.39 is 10.0 Å². The number of anilines is 1. The van der Waals surface area contributed by atoms with E-state index in [1.54, 1.807) is 41.4 Å². The van der Waals surface area contributed by atoms with Crippen LogP contribution in [0.5, 0.6) is 5.75 Å². The van der Waals surface area contributed by atoms with E-state index in [0.29, 0.717) is 25.1 Å². The molecule has 2 heterocycles. The molecule has 2 aliphatic heterocycles. The van der Waals surface area contributed by atoms with Crippen molar-refractivity contribution in [2.24, 2.45) is 0 Å². The molecule has 1 unspecified atom stereocenters. The summed E-state index contributed by atoms with van der Waals surface area (Å²) in [6, 6.07) is 12.5. The summed E-state index contributed by atoms with van der Waals surface area (Å²) < 4.78 is 33.3. The SMILES string of the molecule is COc1ccc(C2SCCN2S(=O)(=O)c2ccc3c(c2)CCC(=O)N3)cc1. The second-order valence-electron chi connectivity index (χ2n) is 6.48. The Hall–Kier alpha value is -2.03. The quantitative estimate of drug-likeness (QED) is 0.848. The number of ether oxygens (including phenoxy) is 1. The van der Waals surface area contributed by atoms with Crippen LogP contribution in [-0.4, -0.2) is 38.0 Å². The molecule has 1 fully saturated rings. The highest BCUT2D eigenvalue weighted by Crippen LogP contribution is 2.42. The van der Waals surface area contributed by atoms with Crippen molar-refractivity contribution in [2.45, 2.75) is 23.1 Å². The molecule has 142 valence electrons. The van der Waals surface area contributed by atoms with Crippen molar-refractivity contribution in [3.05, 3.63) is 53.6 Å². The number of sulfonamides is 1. The number of amides is 1. The average Bonchev–Trinajstić information content (AvgIpc) is 3.18. The molecule has 2 aromatic carbocycles. The van der Waals surface area contributed by atoms with Crippen molar-refractivity contribution in [3.8, 4) is 5.75 Å². The molecule has 2 aromatic rings. The van der Waals surface area contributed by atoms with E-state index in [4.69, 9.17) is 4.74 Å². The molecule has 6 nitrogen and oxygen atoms in total. The molecule has 0 aliphatic carbocycles. The van der Waals surface area contributed by atoms with E-state index in [1.807, 2.05) is 24.3 Å². The summed E-state index contributed by atoms with van der Waals surface area (Å²) in [5.74, 6) is 1.46. The number of carbonyl (C=O) groups is 1. The Balaban J connectivity index is 1.65. The van der Waals surface area contributed by atoms with Gasteiger partial charge < -0.3 is 10.1 Å². The summed E-state index contributed by atoms with van der Waals surface area (Å²) in [5.41, 5.74) is 2.50. The van der Waals surface area contributed by atoms with Crippen molar-refractivity contribution >= 4 is 33.4 Å². The zero-order chi connectivity index (χ0) is 19.0. The standard InChI is InChI=1S/C19H20N2O4S2/c1-25-15-5-2-13(3-6-15)19-21(10-11-26-19)27(23,24)16-7-8-17-14(12-16)4-9-18(22)20-17/h2-3,5-8,12,19H,4,9-11H2,1H3,(H,20,22). The second-order valence-corrected chi connectivity index (χ2v) is 9.56. The lowest BCUT2D eigenvalue weighted by atomic mass is 10.0. The number of nitrogens with one attached hydrogen (secondary N) is 1. The molecule has 0 spiro atoms. The zero-order valence-electron chi connectivity index (χ0n) is 14.8. The first-order valence-corrected chi connectivity index (χ1v) is 11.2. The van der Waals surface area contributed by atoms with Gasteiger partial charge in [-0.25, -0.2) is 8.42 Å². The predicted molar refractivity (Wildman–Crippen MR) is 105 cm³/mol. The smallest absolute Gasteiger partial charge is 0.244 e. The fraction of sp³-hybridized carbons (Fsp3) is 0.316. The summed E-state index contributed by atoms with van der Waals surface area (Å²) in [6.07, 6.45) is 0.936. The van der Waals surface area contributed by atoms with Crippen LogP contribution in [0.4, 0.5) is 5.69 Å². The predicted octanol–water partition coefficient (Wildman–Crippen LogP) is 3.02. The molecule has 1 saturated heterocycles. The second kappa shape index (κ2) is 7.18. The molecule has 1 amide bonds. The van der Waals surface area contributed by atoms with Crippen molar-refractivity contribution in [1.82, 2.24) is 4.31 Å². The van der Waals surface area contributed by atoms with Gasteiger partial charge >= 0.3 is 0 Å². The van der Waals surface area contributed by atoms with Crippen LogP contribution in [0.1, 0.15) is 22.9 Å². The monoisotopic (exact) mass is 404 g/mol. The minimum atomic E-state index is -3.63. The molecule has 1 N–H and O–H groups in total. The maximum atomic E-state index is 13.3. The molecule has 27 heavy (non-hydrogen) atoms. The number of benzene rings is 2. The Morgan fingerprint density at radius 1 is 1.15 bits per heavy atom. The Labute approximate surface area is 163 Å². The lowest BCUT2D eigenvalue weighted by Gasteiger charge is -2.25.